The molecule has 118 valence electrons. The second-order valence-corrected chi connectivity index (χ2v) is 6.17. The van der Waals surface area contributed by atoms with Crippen LogP contribution in [0.15, 0.2) is 48.2 Å². The van der Waals surface area contributed by atoms with Gasteiger partial charge >= 0.3 is 0 Å². The SMILES string of the molecule is CCCC/C=C/CCCC[NH+]1C(C)=CC(=[NH2+])c2ccccc21. The Bertz CT molecular complexity index is 555. The third-order valence-corrected chi connectivity index (χ3v) is 4.35. The van der Waals surface area contributed by atoms with Gasteiger partial charge in [-0.25, -0.2) is 0 Å². The Hall–Kier alpha value is -1.67. The third-order valence-electron chi connectivity index (χ3n) is 4.35. The summed E-state index contributed by atoms with van der Waals surface area (Å²) in [4.78, 5) is 1.47. The van der Waals surface area contributed by atoms with Crippen LogP contribution < -0.4 is 10.3 Å². The lowest BCUT2D eigenvalue weighted by Crippen LogP contribution is -3.06. The summed E-state index contributed by atoms with van der Waals surface area (Å²) in [6.07, 6.45) is 14.4. The number of quaternary nitrogens is 1. The van der Waals surface area contributed by atoms with E-state index in [0.29, 0.717) is 0 Å². The van der Waals surface area contributed by atoms with Gasteiger partial charge in [-0.2, -0.15) is 0 Å². The number of unbranched alkanes of at least 4 members (excludes halogenated alkanes) is 4. The van der Waals surface area contributed by atoms with Crippen LogP contribution in [0.3, 0.4) is 0 Å². The lowest BCUT2D eigenvalue weighted by Gasteiger charge is -2.23. The summed E-state index contributed by atoms with van der Waals surface area (Å²) in [5, 5.41) is 6.15. The van der Waals surface area contributed by atoms with Crippen molar-refractivity contribution in [2.75, 3.05) is 6.54 Å². The fraction of sp³-hybridized carbons (Fsp3) is 0.450. The van der Waals surface area contributed by atoms with E-state index in [9.17, 15) is 0 Å². The van der Waals surface area contributed by atoms with Crippen LogP contribution in [0.25, 0.3) is 0 Å². The number of hydrogen-bond donors (Lipinski definition) is 2. The van der Waals surface area contributed by atoms with Crippen molar-refractivity contribution in [3.63, 3.8) is 0 Å². The summed E-state index contributed by atoms with van der Waals surface area (Å²) in [7, 11) is 0. The number of allylic oxidation sites excluding steroid dienone is 4. The van der Waals surface area contributed by atoms with E-state index in [1.807, 2.05) is 0 Å². The van der Waals surface area contributed by atoms with Crippen LogP contribution in [0.5, 0.6) is 0 Å². The zero-order valence-electron chi connectivity index (χ0n) is 14.1. The Labute approximate surface area is 135 Å². The molecule has 2 heteroatoms. The molecule has 2 nitrogen and oxygen atoms in total. The number of nitrogens with two attached hydrogens (primary N) is 1. The molecule has 0 radical (unpaired) electrons. The minimum Gasteiger partial charge on any atom is -0.273 e. The standard InChI is InChI=1S/C20H28N2/c1-3-4-5-6-7-8-9-12-15-22-17(2)16-19(21)18-13-10-11-14-20(18)22/h6-7,10-11,13-14,16,21H,3-5,8-9,12,15H2,1-2H3/p+2/b7-6+,21-19?. The van der Waals surface area contributed by atoms with Gasteiger partial charge in [0, 0.05) is 13.0 Å². The molecule has 1 aliphatic rings. The highest BCUT2D eigenvalue weighted by molar-refractivity contribution is 6.08. The first-order valence-corrected chi connectivity index (χ1v) is 8.65. The van der Waals surface area contributed by atoms with Crippen molar-refractivity contribution < 1.29 is 10.3 Å². The quantitative estimate of drug-likeness (QED) is 0.546. The van der Waals surface area contributed by atoms with Gasteiger partial charge < -0.3 is 0 Å². The molecular formula is C20H30N2+2. The van der Waals surface area contributed by atoms with Gasteiger partial charge in [-0.3, -0.25) is 10.3 Å². The summed E-state index contributed by atoms with van der Waals surface area (Å²) in [6, 6.07) is 8.52. The molecule has 1 aromatic carbocycles. The highest BCUT2D eigenvalue weighted by Gasteiger charge is 2.27. The van der Waals surface area contributed by atoms with E-state index < -0.39 is 0 Å². The molecule has 0 bridgehead atoms. The number of rotatable bonds is 8. The average Bonchev–Trinajstić information content (AvgIpc) is 2.52. The molecule has 0 fully saturated rings. The number of benzene rings is 1. The largest absolute Gasteiger partial charge is 0.273 e. The highest BCUT2D eigenvalue weighted by Crippen LogP contribution is 2.16. The smallest absolute Gasteiger partial charge is 0.215 e. The van der Waals surface area contributed by atoms with Gasteiger partial charge in [-0.1, -0.05) is 44.1 Å². The van der Waals surface area contributed by atoms with E-state index in [2.05, 4.69) is 56.3 Å². The van der Waals surface area contributed by atoms with Crippen LogP contribution >= 0.6 is 0 Å². The number of hydrogen-bond acceptors (Lipinski definition) is 0. The van der Waals surface area contributed by atoms with Gasteiger partial charge in [0.15, 0.2) is 0 Å². The highest BCUT2D eigenvalue weighted by atomic mass is 15.1. The number of fused-ring (bicyclic) bond motifs is 1. The Kier molecular flexibility index (Phi) is 6.60. The topological polar surface area (TPSA) is 30.0 Å². The second-order valence-electron chi connectivity index (χ2n) is 6.17. The van der Waals surface area contributed by atoms with Crippen LogP contribution in [-0.2, 0) is 0 Å². The maximum Gasteiger partial charge on any atom is 0.215 e. The average molecular weight is 298 g/mol. The van der Waals surface area contributed by atoms with Gasteiger partial charge in [0.25, 0.3) is 0 Å². The molecule has 22 heavy (non-hydrogen) atoms. The van der Waals surface area contributed by atoms with E-state index in [0.717, 1.165) is 12.3 Å². The molecule has 0 saturated carbocycles. The summed E-state index contributed by atoms with van der Waals surface area (Å²) in [5.41, 5.74) is 4.76. The van der Waals surface area contributed by atoms with Gasteiger partial charge in [0.05, 0.1) is 12.6 Å². The molecule has 0 aromatic heterocycles. The van der Waals surface area contributed by atoms with Crippen molar-refractivity contribution in [1.82, 2.24) is 0 Å². The van der Waals surface area contributed by atoms with Gasteiger partial charge in [-0.15, -0.1) is 0 Å². The number of para-hydroxylation sites is 1. The Balaban J connectivity index is 1.84. The molecule has 1 aromatic rings. The van der Waals surface area contributed by atoms with E-state index in [1.54, 1.807) is 0 Å². The molecule has 1 aliphatic heterocycles. The molecule has 3 N–H and O–H groups in total. The first-order valence-electron chi connectivity index (χ1n) is 8.65. The van der Waals surface area contributed by atoms with Crippen molar-refractivity contribution in [3.05, 3.63) is 53.8 Å². The van der Waals surface area contributed by atoms with E-state index >= 15 is 0 Å². The lowest BCUT2D eigenvalue weighted by molar-refractivity contribution is -0.791. The summed E-state index contributed by atoms with van der Waals surface area (Å²) in [6.45, 7) is 5.57. The zero-order valence-corrected chi connectivity index (χ0v) is 14.1. The molecule has 1 unspecified atom stereocenters. The fourth-order valence-electron chi connectivity index (χ4n) is 3.06. The first-order chi connectivity index (χ1) is 10.7. The minimum atomic E-state index is 0.899. The third kappa shape index (κ3) is 4.41. The van der Waals surface area contributed by atoms with Crippen LogP contribution in [0.4, 0.5) is 5.69 Å². The van der Waals surface area contributed by atoms with Crippen molar-refractivity contribution in [1.29, 1.82) is 0 Å². The predicted molar refractivity (Wildman–Crippen MR) is 94.2 cm³/mol. The van der Waals surface area contributed by atoms with Crippen LogP contribution in [0.1, 0.15) is 57.9 Å². The molecule has 0 aliphatic carbocycles. The normalized spacial score (nSPS) is 17.6. The van der Waals surface area contributed by atoms with Crippen LogP contribution in [0.2, 0.25) is 0 Å². The summed E-state index contributed by atoms with van der Waals surface area (Å²) >= 11 is 0. The number of nitrogens with one attached hydrogen (secondary N) is 1. The molecular weight excluding hydrogens is 268 g/mol. The zero-order chi connectivity index (χ0) is 15.8. The molecule has 0 saturated heterocycles. The summed E-state index contributed by atoms with van der Waals surface area (Å²) < 4.78 is 0. The van der Waals surface area contributed by atoms with Gasteiger partial charge in [-0.05, 0) is 31.7 Å². The van der Waals surface area contributed by atoms with Gasteiger partial charge in [0.2, 0.25) is 5.71 Å². The Morgan fingerprint density at radius 2 is 1.77 bits per heavy atom. The van der Waals surface area contributed by atoms with Crippen LogP contribution in [-0.4, -0.2) is 12.3 Å². The lowest BCUT2D eigenvalue weighted by atomic mass is 10.0. The maximum atomic E-state index is 6.15. The maximum absolute atomic E-state index is 6.15. The van der Waals surface area contributed by atoms with Crippen molar-refractivity contribution in [3.8, 4) is 0 Å². The molecule has 0 spiro atoms. The minimum absolute atomic E-state index is 0.899. The first kappa shape index (κ1) is 16.7. The van der Waals surface area contributed by atoms with Crippen LogP contribution in [0, 0.1) is 0 Å². The Morgan fingerprint density at radius 3 is 2.55 bits per heavy atom. The molecule has 1 atom stereocenters. The van der Waals surface area contributed by atoms with E-state index in [4.69, 9.17) is 5.41 Å². The predicted octanol–water partition coefficient (Wildman–Crippen LogP) is 2.59. The van der Waals surface area contributed by atoms with E-state index in [1.165, 1.54) is 60.4 Å². The van der Waals surface area contributed by atoms with Gasteiger partial charge in [0.1, 0.15) is 16.9 Å². The van der Waals surface area contributed by atoms with E-state index in [-0.39, 0.29) is 0 Å². The molecule has 0 amide bonds. The molecule has 2 rings (SSSR count). The molecule has 1 heterocycles. The second kappa shape index (κ2) is 8.70. The Morgan fingerprint density at radius 1 is 1.05 bits per heavy atom. The van der Waals surface area contributed by atoms with Crippen molar-refractivity contribution in [2.45, 2.75) is 52.4 Å². The summed E-state index contributed by atoms with van der Waals surface area (Å²) in [5.74, 6) is 0. The fourth-order valence-corrected chi connectivity index (χ4v) is 3.06. The van der Waals surface area contributed by atoms with Crippen molar-refractivity contribution >= 4 is 11.4 Å². The van der Waals surface area contributed by atoms with Crippen molar-refractivity contribution in [2.24, 2.45) is 0 Å². The monoisotopic (exact) mass is 298 g/mol.